The fourth-order valence-corrected chi connectivity index (χ4v) is 3.73. The molecule has 7 heteroatoms. The van der Waals surface area contributed by atoms with Crippen molar-refractivity contribution in [2.75, 3.05) is 13.1 Å². The number of aromatic nitrogens is 4. The number of carbonyl (C=O) groups is 1. The number of H-pyrrole nitrogens is 1. The van der Waals surface area contributed by atoms with Gasteiger partial charge in [0.25, 0.3) is 0 Å². The molecule has 0 radical (unpaired) electrons. The molecule has 0 aliphatic carbocycles. The van der Waals surface area contributed by atoms with E-state index >= 15 is 0 Å². The van der Waals surface area contributed by atoms with Crippen molar-refractivity contribution in [3.8, 4) is 0 Å². The van der Waals surface area contributed by atoms with Gasteiger partial charge in [0.1, 0.15) is 11.6 Å². The second-order valence-corrected chi connectivity index (χ2v) is 7.41. The van der Waals surface area contributed by atoms with Gasteiger partial charge in [-0.2, -0.15) is 5.10 Å². The van der Waals surface area contributed by atoms with Crippen LogP contribution in [0.15, 0.2) is 30.6 Å². The van der Waals surface area contributed by atoms with Gasteiger partial charge in [-0.15, -0.1) is 0 Å². The van der Waals surface area contributed by atoms with E-state index in [0.29, 0.717) is 24.3 Å². The van der Waals surface area contributed by atoms with Crippen molar-refractivity contribution >= 4 is 16.9 Å². The number of nitrogens with zero attached hydrogens (tertiary/aromatic N) is 4. The summed E-state index contributed by atoms with van der Waals surface area (Å²) in [5, 5.41) is 4.35. The van der Waals surface area contributed by atoms with Crippen LogP contribution in [0.2, 0.25) is 0 Å². The largest absolute Gasteiger partial charge is 0.343 e. The van der Waals surface area contributed by atoms with Gasteiger partial charge in [0.15, 0.2) is 0 Å². The molecule has 0 spiro atoms. The molecular weight excluding hydrogens is 345 g/mol. The maximum absolute atomic E-state index is 13.3. The number of carbonyl (C=O) groups excluding carboxylic acids is 1. The highest BCUT2D eigenvalue weighted by Gasteiger charge is 2.23. The van der Waals surface area contributed by atoms with Gasteiger partial charge in [-0.05, 0) is 49.4 Å². The third-order valence-corrected chi connectivity index (χ3v) is 5.24. The van der Waals surface area contributed by atoms with Gasteiger partial charge in [0, 0.05) is 38.7 Å². The van der Waals surface area contributed by atoms with Crippen molar-refractivity contribution in [3.05, 3.63) is 47.8 Å². The summed E-state index contributed by atoms with van der Waals surface area (Å²) in [6.45, 7) is 4.57. The van der Waals surface area contributed by atoms with E-state index in [1.807, 2.05) is 22.7 Å². The van der Waals surface area contributed by atoms with Gasteiger partial charge < -0.3 is 9.88 Å². The molecule has 6 nitrogen and oxygen atoms in total. The normalized spacial score (nSPS) is 15.6. The smallest absolute Gasteiger partial charge is 0.223 e. The molecule has 2 aromatic heterocycles. The van der Waals surface area contributed by atoms with Crippen molar-refractivity contribution in [2.24, 2.45) is 5.92 Å². The molecular formula is C20H24FN5O. The van der Waals surface area contributed by atoms with Crippen LogP contribution in [-0.4, -0.2) is 43.6 Å². The first-order chi connectivity index (χ1) is 13.1. The quantitative estimate of drug-likeness (QED) is 0.752. The SMILES string of the molecule is Cc1cnn(CC2CCN(C(=O)CCc3nc4ccc(F)cc4[nH]3)CC2)c1. The molecule has 4 rings (SSSR count). The van der Waals surface area contributed by atoms with E-state index in [4.69, 9.17) is 0 Å². The van der Waals surface area contributed by atoms with Gasteiger partial charge in [0.05, 0.1) is 17.2 Å². The highest BCUT2D eigenvalue weighted by atomic mass is 19.1. The maximum Gasteiger partial charge on any atom is 0.223 e. The van der Waals surface area contributed by atoms with E-state index in [2.05, 4.69) is 21.3 Å². The number of rotatable bonds is 5. The van der Waals surface area contributed by atoms with Gasteiger partial charge >= 0.3 is 0 Å². The van der Waals surface area contributed by atoms with E-state index in [-0.39, 0.29) is 11.7 Å². The summed E-state index contributed by atoms with van der Waals surface area (Å²) in [4.78, 5) is 22.0. The number of likely N-dealkylation sites (tertiary alicyclic amines) is 1. The monoisotopic (exact) mass is 369 g/mol. The molecule has 1 N–H and O–H groups in total. The standard InChI is InChI=1S/C20H24FN5O/c1-14-11-22-26(12-14)13-15-6-8-25(9-7-15)20(27)5-4-19-23-17-3-2-16(21)10-18(17)24-19/h2-3,10-12,15H,4-9,13H2,1H3,(H,23,24). The molecule has 1 aromatic carbocycles. The first kappa shape index (κ1) is 17.7. The highest BCUT2D eigenvalue weighted by Crippen LogP contribution is 2.20. The third-order valence-electron chi connectivity index (χ3n) is 5.24. The van der Waals surface area contributed by atoms with Crippen LogP contribution in [0.5, 0.6) is 0 Å². The zero-order chi connectivity index (χ0) is 18.8. The Bertz CT molecular complexity index is 939. The summed E-state index contributed by atoms with van der Waals surface area (Å²) in [6.07, 6.45) is 6.93. The third kappa shape index (κ3) is 4.18. The lowest BCUT2D eigenvalue weighted by Crippen LogP contribution is -2.39. The average Bonchev–Trinajstić information content (AvgIpc) is 3.25. The Kier molecular flexibility index (Phi) is 4.92. The second kappa shape index (κ2) is 7.50. The number of aryl methyl sites for hydroxylation is 2. The van der Waals surface area contributed by atoms with Crippen LogP contribution in [0.1, 0.15) is 30.7 Å². The molecule has 0 atom stereocenters. The number of amides is 1. The Hall–Kier alpha value is -2.70. The first-order valence-corrected chi connectivity index (χ1v) is 9.48. The maximum atomic E-state index is 13.3. The van der Waals surface area contributed by atoms with Crippen molar-refractivity contribution in [3.63, 3.8) is 0 Å². The Morgan fingerprint density at radius 1 is 1.33 bits per heavy atom. The second-order valence-electron chi connectivity index (χ2n) is 7.41. The summed E-state index contributed by atoms with van der Waals surface area (Å²) in [5.74, 6) is 1.17. The summed E-state index contributed by atoms with van der Waals surface area (Å²) in [7, 11) is 0. The molecule has 1 saturated heterocycles. The molecule has 0 bridgehead atoms. The summed E-state index contributed by atoms with van der Waals surface area (Å²) in [6, 6.07) is 4.48. The number of aromatic amines is 1. The van der Waals surface area contributed by atoms with Gasteiger partial charge in [-0.25, -0.2) is 9.37 Å². The van der Waals surface area contributed by atoms with E-state index in [9.17, 15) is 9.18 Å². The molecule has 1 aliphatic rings. The van der Waals surface area contributed by atoms with Crippen LogP contribution >= 0.6 is 0 Å². The molecule has 27 heavy (non-hydrogen) atoms. The zero-order valence-corrected chi connectivity index (χ0v) is 15.5. The fourth-order valence-electron chi connectivity index (χ4n) is 3.73. The molecule has 1 aliphatic heterocycles. The van der Waals surface area contributed by atoms with E-state index in [0.717, 1.165) is 43.8 Å². The zero-order valence-electron chi connectivity index (χ0n) is 15.5. The minimum absolute atomic E-state index is 0.162. The molecule has 3 heterocycles. The van der Waals surface area contributed by atoms with Crippen LogP contribution in [0.25, 0.3) is 11.0 Å². The lowest BCUT2D eigenvalue weighted by Gasteiger charge is -2.32. The Morgan fingerprint density at radius 3 is 2.89 bits per heavy atom. The number of benzene rings is 1. The van der Waals surface area contributed by atoms with E-state index in [1.54, 1.807) is 6.07 Å². The molecule has 3 aromatic rings. The highest BCUT2D eigenvalue weighted by molar-refractivity contribution is 5.77. The Morgan fingerprint density at radius 2 is 2.15 bits per heavy atom. The minimum atomic E-state index is -0.290. The van der Waals surface area contributed by atoms with Crippen LogP contribution in [0, 0.1) is 18.7 Å². The average molecular weight is 369 g/mol. The molecule has 1 amide bonds. The van der Waals surface area contributed by atoms with E-state index in [1.165, 1.54) is 17.7 Å². The van der Waals surface area contributed by atoms with Gasteiger partial charge in [-0.1, -0.05) is 0 Å². The minimum Gasteiger partial charge on any atom is -0.343 e. The topological polar surface area (TPSA) is 66.8 Å². The Labute approximate surface area is 157 Å². The number of nitrogens with one attached hydrogen (secondary N) is 1. The fraction of sp³-hybridized carbons (Fsp3) is 0.450. The predicted octanol–water partition coefficient (Wildman–Crippen LogP) is 3.08. The molecule has 0 saturated carbocycles. The van der Waals surface area contributed by atoms with Crippen molar-refractivity contribution in [1.82, 2.24) is 24.6 Å². The van der Waals surface area contributed by atoms with Crippen LogP contribution < -0.4 is 0 Å². The number of imidazole rings is 1. The van der Waals surface area contributed by atoms with E-state index < -0.39 is 0 Å². The molecule has 0 unspecified atom stereocenters. The summed E-state index contributed by atoms with van der Waals surface area (Å²) < 4.78 is 15.3. The number of fused-ring (bicyclic) bond motifs is 1. The summed E-state index contributed by atoms with van der Waals surface area (Å²) >= 11 is 0. The predicted molar refractivity (Wildman–Crippen MR) is 101 cm³/mol. The number of piperidine rings is 1. The lowest BCUT2D eigenvalue weighted by atomic mass is 9.96. The molecule has 1 fully saturated rings. The lowest BCUT2D eigenvalue weighted by molar-refractivity contribution is -0.132. The van der Waals surface area contributed by atoms with Crippen LogP contribution in [0.4, 0.5) is 4.39 Å². The first-order valence-electron chi connectivity index (χ1n) is 9.48. The van der Waals surface area contributed by atoms with Crippen LogP contribution in [0.3, 0.4) is 0 Å². The van der Waals surface area contributed by atoms with Crippen LogP contribution in [-0.2, 0) is 17.8 Å². The van der Waals surface area contributed by atoms with Crippen molar-refractivity contribution < 1.29 is 9.18 Å². The van der Waals surface area contributed by atoms with Gasteiger partial charge in [0.2, 0.25) is 5.91 Å². The van der Waals surface area contributed by atoms with Crippen molar-refractivity contribution in [1.29, 1.82) is 0 Å². The number of hydrogen-bond donors (Lipinski definition) is 1. The number of halogens is 1. The Balaban J connectivity index is 1.26. The summed E-state index contributed by atoms with van der Waals surface area (Å²) in [5.41, 5.74) is 2.58. The molecule has 142 valence electrons. The van der Waals surface area contributed by atoms with Gasteiger partial charge in [-0.3, -0.25) is 9.48 Å². The number of hydrogen-bond acceptors (Lipinski definition) is 3. The van der Waals surface area contributed by atoms with Crippen molar-refractivity contribution in [2.45, 2.75) is 39.2 Å².